The SMILES string of the molecule is c1cc2c(c(CCN3CCNCC3)c1)COCC2. The van der Waals surface area contributed by atoms with Crippen molar-refractivity contribution in [2.75, 3.05) is 39.3 Å². The molecular formula is C15H22N2O. The van der Waals surface area contributed by atoms with Crippen LogP contribution in [0, 0.1) is 0 Å². The number of hydrogen-bond donors (Lipinski definition) is 1. The van der Waals surface area contributed by atoms with E-state index in [4.69, 9.17) is 4.74 Å². The molecule has 2 aliphatic rings. The van der Waals surface area contributed by atoms with Gasteiger partial charge >= 0.3 is 0 Å². The molecule has 3 nitrogen and oxygen atoms in total. The van der Waals surface area contributed by atoms with Gasteiger partial charge in [0.1, 0.15) is 0 Å². The lowest BCUT2D eigenvalue weighted by atomic mass is 9.96. The molecule has 1 N–H and O–H groups in total. The second-order valence-corrected chi connectivity index (χ2v) is 5.20. The van der Waals surface area contributed by atoms with E-state index in [-0.39, 0.29) is 0 Å². The van der Waals surface area contributed by atoms with Crippen LogP contribution in [0.5, 0.6) is 0 Å². The van der Waals surface area contributed by atoms with Gasteiger partial charge in [0, 0.05) is 32.7 Å². The highest BCUT2D eigenvalue weighted by atomic mass is 16.5. The fourth-order valence-electron chi connectivity index (χ4n) is 2.91. The minimum absolute atomic E-state index is 0.813. The number of benzene rings is 1. The second kappa shape index (κ2) is 5.83. The average molecular weight is 246 g/mol. The Morgan fingerprint density at radius 3 is 3.00 bits per heavy atom. The van der Waals surface area contributed by atoms with E-state index in [1.54, 1.807) is 0 Å². The third-order valence-electron chi connectivity index (χ3n) is 4.04. The number of ether oxygens (including phenoxy) is 1. The van der Waals surface area contributed by atoms with Crippen molar-refractivity contribution in [2.45, 2.75) is 19.4 Å². The van der Waals surface area contributed by atoms with Gasteiger partial charge in [0.05, 0.1) is 13.2 Å². The third-order valence-corrected chi connectivity index (χ3v) is 4.04. The van der Waals surface area contributed by atoms with Crippen LogP contribution in [0.15, 0.2) is 18.2 Å². The molecule has 1 aromatic rings. The molecule has 0 spiro atoms. The van der Waals surface area contributed by atoms with Crippen molar-refractivity contribution in [3.63, 3.8) is 0 Å². The first-order valence-corrected chi connectivity index (χ1v) is 7.04. The lowest BCUT2D eigenvalue weighted by Gasteiger charge is -2.28. The first-order valence-electron chi connectivity index (χ1n) is 7.04. The van der Waals surface area contributed by atoms with E-state index < -0.39 is 0 Å². The Balaban J connectivity index is 1.65. The molecule has 1 fully saturated rings. The number of nitrogens with zero attached hydrogens (tertiary/aromatic N) is 1. The van der Waals surface area contributed by atoms with Crippen molar-refractivity contribution >= 4 is 0 Å². The summed E-state index contributed by atoms with van der Waals surface area (Å²) < 4.78 is 5.60. The van der Waals surface area contributed by atoms with E-state index in [1.165, 1.54) is 36.3 Å². The lowest BCUT2D eigenvalue weighted by molar-refractivity contribution is 0.110. The van der Waals surface area contributed by atoms with E-state index in [0.29, 0.717) is 0 Å². The summed E-state index contributed by atoms with van der Waals surface area (Å²) in [5.41, 5.74) is 4.45. The number of rotatable bonds is 3. The third kappa shape index (κ3) is 2.74. The summed E-state index contributed by atoms with van der Waals surface area (Å²) >= 11 is 0. The molecule has 98 valence electrons. The van der Waals surface area contributed by atoms with Gasteiger partial charge in [0.15, 0.2) is 0 Å². The molecule has 2 heterocycles. The maximum Gasteiger partial charge on any atom is 0.0722 e. The summed E-state index contributed by atoms with van der Waals surface area (Å²) in [5, 5.41) is 3.40. The fourth-order valence-corrected chi connectivity index (χ4v) is 2.91. The summed E-state index contributed by atoms with van der Waals surface area (Å²) in [4.78, 5) is 2.56. The number of fused-ring (bicyclic) bond motifs is 1. The predicted molar refractivity (Wildman–Crippen MR) is 72.8 cm³/mol. The van der Waals surface area contributed by atoms with Crippen LogP contribution in [0.1, 0.15) is 16.7 Å². The largest absolute Gasteiger partial charge is 0.376 e. The minimum Gasteiger partial charge on any atom is -0.376 e. The fraction of sp³-hybridized carbons (Fsp3) is 0.600. The maximum absolute atomic E-state index is 5.60. The van der Waals surface area contributed by atoms with Crippen LogP contribution in [0.25, 0.3) is 0 Å². The molecule has 0 atom stereocenters. The Morgan fingerprint density at radius 2 is 2.11 bits per heavy atom. The summed E-state index contributed by atoms with van der Waals surface area (Å²) in [6, 6.07) is 6.74. The van der Waals surface area contributed by atoms with E-state index in [0.717, 1.165) is 39.1 Å². The predicted octanol–water partition coefficient (Wildman–Crippen LogP) is 1.21. The van der Waals surface area contributed by atoms with Crippen LogP contribution in [-0.4, -0.2) is 44.2 Å². The van der Waals surface area contributed by atoms with Crippen LogP contribution < -0.4 is 5.32 Å². The molecule has 0 radical (unpaired) electrons. The Morgan fingerprint density at radius 1 is 1.22 bits per heavy atom. The van der Waals surface area contributed by atoms with Crippen molar-refractivity contribution in [1.82, 2.24) is 10.2 Å². The van der Waals surface area contributed by atoms with Gasteiger partial charge in [0.25, 0.3) is 0 Å². The van der Waals surface area contributed by atoms with Crippen molar-refractivity contribution in [3.8, 4) is 0 Å². The molecule has 0 aliphatic carbocycles. The molecule has 0 saturated carbocycles. The molecule has 0 aromatic heterocycles. The van der Waals surface area contributed by atoms with Crippen LogP contribution in [0.2, 0.25) is 0 Å². The molecule has 2 aliphatic heterocycles. The molecule has 3 rings (SSSR count). The Kier molecular flexibility index (Phi) is 3.93. The highest BCUT2D eigenvalue weighted by molar-refractivity contribution is 5.36. The van der Waals surface area contributed by atoms with Crippen LogP contribution >= 0.6 is 0 Å². The summed E-state index contributed by atoms with van der Waals surface area (Å²) in [6.45, 7) is 7.52. The quantitative estimate of drug-likeness (QED) is 0.867. The zero-order valence-electron chi connectivity index (χ0n) is 11.0. The van der Waals surface area contributed by atoms with Gasteiger partial charge in [-0.05, 0) is 29.5 Å². The van der Waals surface area contributed by atoms with Gasteiger partial charge in [-0.2, -0.15) is 0 Å². The monoisotopic (exact) mass is 246 g/mol. The maximum atomic E-state index is 5.60. The zero-order chi connectivity index (χ0) is 12.2. The van der Waals surface area contributed by atoms with Gasteiger partial charge in [-0.3, -0.25) is 0 Å². The minimum atomic E-state index is 0.813. The van der Waals surface area contributed by atoms with Gasteiger partial charge in [0.2, 0.25) is 0 Å². The summed E-state index contributed by atoms with van der Waals surface area (Å²) in [7, 11) is 0. The molecule has 0 unspecified atom stereocenters. The molecular weight excluding hydrogens is 224 g/mol. The smallest absolute Gasteiger partial charge is 0.0722 e. The van der Waals surface area contributed by atoms with Gasteiger partial charge in [-0.1, -0.05) is 18.2 Å². The van der Waals surface area contributed by atoms with Gasteiger partial charge < -0.3 is 15.0 Å². The lowest BCUT2D eigenvalue weighted by Crippen LogP contribution is -2.44. The van der Waals surface area contributed by atoms with Crippen molar-refractivity contribution in [3.05, 3.63) is 34.9 Å². The highest BCUT2D eigenvalue weighted by Gasteiger charge is 2.14. The van der Waals surface area contributed by atoms with Crippen molar-refractivity contribution in [2.24, 2.45) is 0 Å². The van der Waals surface area contributed by atoms with E-state index in [2.05, 4.69) is 28.4 Å². The molecule has 1 saturated heterocycles. The normalized spacial score (nSPS) is 20.7. The van der Waals surface area contributed by atoms with Crippen molar-refractivity contribution < 1.29 is 4.74 Å². The van der Waals surface area contributed by atoms with E-state index in [1.807, 2.05) is 0 Å². The van der Waals surface area contributed by atoms with E-state index in [9.17, 15) is 0 Å². The number of piperazine rings is 1. The highest BCUT2D eigenvalue weighted by Crippen LogP contribution is 2.21. The standard InChI is InChI=1S/C15H22N2O/c1-2-13(4-8-17-9-6-16-7-10-17)15-12-18-11-5-14(15)3-1/h1-3,16H,4-12H2. The molecule has 1 aromatic carbocycles. The zero-order valence-corrected chi connectivity index (χ0v) is 11.0. The van der Waals surface area contributed by atoms with Crippen molar-refractivity contribution in [1.29, 1.82) is 0 Å². The Labute approximate surface area is 109 Å². The molecule has 0 bridgehead atoms. The summed E-state index contributed by atoms with van der Waals surface area (Å²) in [5.74, 6) is 0. The van der Waals surface area contributed by atoms with Crippen LogP contribution in [0.3, 0.4) is 0 Å². The van der Waals surface area contributed by atoms with Crippen LogP contribution in [-0.2, 0) is 24.2 Å². The first-order chi connectivity index (χ1) is 8.93. The topological polar surface area (TPSA) is 24.5 Å². The van der Waals surface area contributed by atoms with Crippen LogP contribution in [0.4, 0.5) is 0 Å². The Bertz CT molecular complexity index is 399. The molecule has 0 amide bonds. The number of nitrogens with one attached hydrogen (secondary N) is 1. The van der Waals surface area contributed by atoms with E-state index >= 15 is 0 Å². The Hall–Kier alpha value is -0.900. The first kappa shape index (κ1) is 12.2. The average Bonchev–Trinajstić information content (AvgIpc) is 2.46. The number of hydrogen-bond acceptors (Lipinski definition) is 3. The van der Waals surface area contributed by atoms with Gasteiger partial charge in [-0.25, -0.2) is 0 Å². The van der Waals surface area contributed by atoms with Gasteiger partial charge in [-0.15, -0.1) is 0 Å². The molecule has 3 heteroatoms. The molecule has 18 heavy (non-hydrogen) atoms. The summed E-state index contributed by atoms with van der Waals surface area (Å²) in [6.07, 6.45) is 2.24. The second-order valence-electron chi connectivity index (χ2n) is 5.20.